The van der Waals surface area contributed by atoms with Gasteiger partial charge in [-0.2, -0.15) is 4.37 Å². The third-order valence-corrected chi connectivity index (χ3v) is 17.4. The lowest BCUT2D eigenvalue weighted by atomic mass is 9.81. The van der Waals surface area contributed by atoms with Gasteiger partial charge in [0.2, 0.25) is 10.7 Å². The van der Waals surface area contributed by atoms with E-state index in [1.165, 1.54) is 28.6 Å². The smallest absolute Gasteiger partial charge is 0.339 e. The van der Waals surface area contributed by atoms with Crippen molar-refractivity contribution in [1.82, 2.24) is 14.3 Å². The van der Waals surface area contributed by atoms with Crippen LogP contribution in [0, 0.1) is 46.5 Å². The number of aromatic nitrogens is 2. The minimum atomic E-state index is -4.10. The van der Waals surface area contributed by atoms with Gasteiger partial charge in [0.25, 0.3) is 17.5 Å². The maximum absolute atomic E-state index is 14.5. The Hall–Kier alpha value is -7.49. The maximum atomic E-state index is 14.5. The molecule has 26 nitrogen and oxygen atoms in total. The molecule has 2 atom stereocenters. The molecule has 1 saturated carbocycles. The van der Waals surface area contributed by atoms with Crippen LogP contribution in [0.15, 0.2) is 82.7 Å². The van der Waals surface area contributed by atoms with E-state index in [4.69, 9.17) is 70.3 Å². The van der Waals surface area contributed by atoms with Gasteiger partial charge in [-0.3, -0.25) is 58.5 Å². The molecule has 4 heterocycles. The van der Waals surface area contributed by atoms with E-state index >= 15 is 0 Å². The summed E-state index contributed by atoms with van der Waals surface area (Å²) in [7, 11) is -6.16. The molecule has 508 valence electrons. The highest BCUT2D eigenvalue weighted by atomic mass is 35.5. The monoisotopic (exact) mass is 1420 g/mol. The van der Waals surface area contributed by atoms with Crippen LogP contribution >= 0.6 is 53.9 Å². The predicted molar refractivity (Wildman–Crippen MR) is 351 cm³/mol. The normalized spacial score (nSPS) is 16.0. The number of aryl methyl sites for hydroxylation is 2. The molecule has 1 fully saturated rings. The second-order valence-corrected chi connectivity index (χ2v) is 28.1. The number of methoxy groups -OCH3 is 1. The summed E-state index contributed by atoms with van der Waals surface area (Å²) in [6.45, 7) is 13.5. The van der Waals surface area contributed by atoms with Gasteiger partial charge < -0.3 is 43.5 Å². The summed E-state index contributed by atoms with van der Waals surface area (Å²) in [5.74, 6) is -1.58. The maximum Gasteiger partial charge on any atom is 0.339 e. The molecule has 2 unspecified atom stereocenters. The number of ketones is 3. The topological polar surface area (TPSA) is 354 Å². The van der Waals surface area contributed by atoms with Crippen molar-refractivity contribution in [2.45, 2.75) is 102 Å². The molecular weight excluding hydrogens is 1350 g/mol. The molecule has 33 heteroatoms. The van der Waals surface area contributed by atoms with Crippen LogP contribution in [0.4, 0.5) is 32.8 Å². The highest BCUT2D eigenvalue weighted by Crippen LogP contribution is 2.39. The van der Waals surface area contributed by atoms with Crippen molar-refractivity contribution < 1.29 is 85.0 Å². The molecule has 0 bridgehead atoms. The second-order valence-electron chi connectivity index (χ2n) is 22.4. The minimum Gasteiger partial charge on any atom is -0.489 e. The standard InChI is InChI=1S/C18H17FN4O2S.C15H22ClNO2.C14H13NO7S.C11H11Cl2NO2.C3H8NO5P/c1-4-5-22-13-7-12(11(19)6-14(13)25-9-16(22)24)20-17-23-10-18(2,3)8-15(23)21-26-17;1-5-13-8-6-7-11(2)15(13)17(14(18)9-16)12(3)10-19-4;1-23(21,22)8-5-6-9(10(7-8)15(19)20)14(18)13-11(16)3-2-4-12(13)17;1-7-6-16-9-5-3-2-4-8(9)14(7)11(15)10(12)13;5-3(6)1-4-2-10(7,8)9/h1,6-7H,5,8-10H2,2-3H3;6-8,12H,5,9-10H2,1-4H3;5-7,13H,2-4H2,1H3;2-5,7,10H,6H2,1H3;4H,1-2H2,(H,5,6)(H2,7,8,9)/b20-17-;;;;. The van der Waals surface area contributed by atoms with E-state index in [0.29, 0.717) is 41.6 Å². The van der Waals surface area contributed by atoms with Gasteiger partial charge in [-0.05, 0) is 80.5 Å². The first-order valence-electron chi connectivity index (χ1n) is 28.7. The van der Waals surface area contributed by atoms with Crippen molar-refractivity contribution in [3.8, 4) is 23.8 Å². The lowest BCUT2D eigenvalue weighted by molar-refractivity contribution is -0.385. The van der Waals surface area contributed by atoms with Gasteiger partial charge in [0.1, 0.15) is 41.4 Å². The largest absolute Gasteiger partial charge is 0.489 e. The number of terminal acetylenes is 1. The number of rotatable bonds is 17. The lowest BCUT2D eigenvalue weighted by Crippen LogP contribution is -2.47. The number of carbonyl (C=O) groups excluding carboxylic acids is 6. The Morgan fingerprint density at radius 3 is 2.30 bits per heavy atom. The van der Waals surface area contributed by atoms with Crippen molar-refractivity contribution in [2.24, 2.45) is 16.3 Å². The molecule has 1 aromatic heterocycles. The van der Waals surface area contributed by atoms with Gasteiger partial charge in [-0.15, -0.1) is 18.0 Å². The number of para-hydroxylation sites is 3. The fourth-order valence-corrected chi connectivity index (χ4v) is 12.2. The Labute approximate surface area is 560 Å². The van der Waals surface area contributed by atoms with Crippen molar-refractivity contribution >= 4 is 133 Å². The van der Waals surface area contributed by atoms with Gasteiger partial charge in [-0.25, -0.2) is 17.8 Å². The van der Waals surface area contributed by atoms with Gasteiger partial charge >= 0.3 is 13.6 Å². The number of carboxylic acids is 1. The van der Waals surface area contributed by atoms with Crippen LogP contribution in [-0.2, 0) is 67.3 Å². The number of benzene rings is 4. The number of nitrogens with zero attached hydrogens (tertiary/aromatic N) is 7. The molecule has 0 spiro atoms. The zero-order valence-corrected chi connectivity index (χ0v) is 57.2. The average Bonchev–Trinajstić information content (AvgIpc) is 1.39. The molecule has 4 aromatic carbocycles. The number of Topliss-reactive ketones (excluding diaryl/α,β-unsaturated/α-hetero) is 3. The Kier molecular flexibility index (Phi) is 28.1. The van der Waals surface area contributed by atoms with E-state index in [1.54, 1.807) is 16.9 Å². The number of sulfone groups is 1. The van der Waals surface area contributed by atoms with E-state index in [-0.39, 0.29) is 77.7 Å². The third-order valence-electron chi connectivity index (χ3n) is 14.3. The number of nitro groups is 1. The number of halogens is 4. The summed E-state index contributed by atoms with van der Waals surface area (Å²) in [6, 6.07) is 18.9. The van der Waals surface area contributed by atoms with Crippen LogP contribution in [0.25, 0.3) is 0 Å². The van der Waals surface area contributed by atoms with Crippen molar-refractivity contribution in [3.63, 3.8) is 0 Å². The van der Waals surface area contributed by atoms with Crippen LogP contribution < -0.4 is 34.3 Å². The summed E-state index contributed by atoms with van der Waals surface area (Å²) in [5.41, 5.74) is 3.44. The van der Waals surface area contributed by atoms with E-state index < -0.39 is 86.3 Å². The molecular formula is C61H71Cl3FN8O18PS2. The number of amides is 3. The summed E-state index contributed by atoms with van der Waals surface area (Å²) in [5, 5.41) is 21.2. The first kappa shape index (κ1) is 77.2. The zero-order chi connectivity index (χ0) is 70.2. The van der Waals surface area contributed by atoms with E-state index in [0.717, 1.165) is 72.2 Å². The van der Waals surface area contributed by atoms with E-state index in [2.05, 4.69) is 47.4 Å². The first-order chi connectivity index (χ1) is 44.1. The number of hydrogen-bond donors (Lipinski definition) is 4. The molecule has 3 amide bonds. The molecule has 4 aliphatic rings. The number of carbonyl (C=O) groups is 7. The number of anilines is 3. The van der Waals surface area contributed by atoms with Crippen LogP contribution in [0.3, 0.4) is 0 Å². The van der Waals surface area contributed by atoms with Crippen LogP contribution in [0.2, 0.25) is 0 Å². The van der Waals surface area contributed by atoms with Crippen LogP contribution in [0.5, 0.6) is 11.5 Å². The SMILES string of the molecule is C#CCN1C(=O)COc2cc(F)c(/N=c3\snc4n3CC(C)(C)C4)cc21.CC1COc2ccccc2N1C(=O)C(Cl)Cl.CCc1cccc(C)c1N(C(=O)CCl)C(C)COC.CS(=O)(=O)c1ccc(C(=O)C2C(=O)CCCC2=O)c([N+](=O)[O-])c1.O=C(O)CNCP(=O)(O)O. The first-order valence-corrected chi connectivity index (χ1v) is 34.6. The number of aliphatic carboxylic acids is 1. The van der Waals surface area contributed by atoms with E-state index in [9.17, 15) is 61.0 Å². The zero-order valence-electron chi connectivity index (χ0n) is 52.4. The van der Waals surface area contributed by atoms with Gasteiger partial charge in [0.05, 0.1) is 70.5 Å². The number of fused-ring (bicyclic) bond motifs is 3. The fourth-order valence-electron chi connectivity index (χ4n) is 10.1. The Morgan fingerprint density at radius 1 is 1.04 bits per heavy atom. The number of hydrogen-bond acceptors (Lipinski definition) is 19. The highest BCUT2D eigenvalue weighted by Gasteiger charge is 2.40. The summed E-state index contributed by atoms with van der Waals surface area (Å²) in [6.07, 6.45) is 7.86. The van der Waals surface area contributed by atoms with Crippen molar-refractivity contribution in [1.29, 1.82) is 0 Å². The molecule has 5 aromatic rings. The average molecular weight is 1420 g/mol. The predicted octanol–water partition coefficient (Wildman–Crippen LogP) is 7.94. The summed E-state index contributed by atoms with van der Waals surface area (Å²) >= 11 is 18.3. The number of nitro benzene ring substituents is 1. The Bertz CT molecular complexity index is 3940. The fraction of sp³-hybridized carbons (Fsp3) is 0.426. The quantitative estimate of drug-likeness (QED) is 0.0130. The third kappa shape index (κ3) is 20.8. The molecule has 0 radical (unpaired) electrons. The van der Waals surface area contributed by atoms with E-state index in [1.807, 2.05) is 61.7 Å². The minimum absolute atomic E-state index is 0.0223. The Balaban J connectivity index is 0.000000219. The second kappa shape index (κ2) is 34.3. The summed E-state index contributed by atoms with van der Waals surface area (Å²) in [4.78, 5) is 117. The van der Waals surface area contributed by atoms with Gasteiger partial charge in [0.15, 0.2) is 44.4 Å². The molecule has 4 N–H and O–H groups in total. The molecule has 0 saturated heterocycles. The van der Waals surface area contributed by atoms with Crippen molar-refractivity contribution in [3.05, 3.63) is 116 Å². The van der Waals surface area contributed by atoms with Gasteiger partial charge in [0, 0.05) is 62.8 Å². The molecule has 1 aliphatic carbocycles. The number of alkyl halides is 3. The van der Waals surface area contributed by atoms with Crippen LogP contribution in [-0.4, -0.2) is 154 Å². The van der Waals surface area contributed by atoms with Crippen molar-refractivity contribution in [2.75, 3.05) is 73.1 Å². The number of nitrogens with one attached hydrogen (secondary N) is 1. The van der Waals surface area contributed by atoms with Crippen LogP contribution in [0.1, 0.15) is 81.2 Å². The number of carboxylic acid groups (broad SMARTS) is 1. The number of ether oxygens (including phenoxy) is 3. The summed E-state index contributed by atoms with van der Waals surface area (Å²) < 4.78 is 70.0. The Morgan fingerprint density at radius 2 is 1.71 bits per heavy atom. The molecule has 3 aliphatic heterocycles. The molecule has 9 rings (SSSR count). The van der Waals surface area contributed by atoms with Gasteiger partial charge in [-0.1, -0.05) is 80.2 Å². The highest BCUT2D eigenvalue weighted by molar-refractivity contribution is 7.90. The lowest BCUT2D eigenvalue weighted by Gasteiger charge is -2.35. The molecule has 94 heavy (non-hydrogen) atoms.